The second-order valence-corrected chi connectivity index (χ2v) is 6.28. The predicted molar refractivity (Wildman–Crippen MR) is 94.8 cm³/mol. The van der Waals surface area contributed by atoms with Crippen molar-refractivity contribution in [1.29, 1.82) is 0 Å². The van der Waals surface area contributed by atoms with Gasteiger partial charge in [0.2, 0.25) is 5.89 Å². The summed E-state index contributed by atoms with van der Waals surface area (Å²) in [4.78, 5) is 20.7. The third-order valence-electron chi connectivity index (χ3n) is 4.01. The minimum absolute atomic E-state index is 0.157. The maximum absolute atomic E-state index is 12.6. The fraction of sp³-hybridized carbons (Fsp3) is 0.444. The summed E-state index contributed by atoms with van der Waals surface area (Å²) in [6.07, 6.45) is 2.50. The molecule has 0 saturated heterocycles. The van der Waals surface area contributed by atoms with Crippen LogP contribution in [0.25, 0.3) is 0 Å². The van der Waals surface area contributed by atoms with Gasteiger partial charge in [-0.2, -0.15) is 0 Å². The smallest absolute Gasteiger partial charge is 0.322 e. The molecule has 0 spiro atoms. The molecule has 7 nitrogen and oxygen atoms in total. The van der Waals surface area contributed by atoms with E-state index in [1.165, 1.54) is 5.56 Å². The average Bonchev–Trinajstić information content (AvgIpc) is 3.05. The van der Waals surface area contributed by atoms with Gasteiger partial charge in [-0.05, 0) is 38.2 Å². The molecule has 1 aliphatic heterocycles. The molecule has 0 atom stereocenters. The maximum Gasteiger partial charge on any atom is 0.322 e. The number of nitrogens with zero attached hydrogens (tertiary/aromatic N) is 3. The Morgan fingerprint density at radius 1 is 1.40 bits per heavy atom. The van der Waals surface area contributed by atoms with E-state index in [1.54, 1.807) is 11.2 Å². The van der Waals surface area contributed by atoms with E-state index in [-0.39, 0.29) is 6.03 Å². The van der Waals surface area contributed by atoms with Gasteiger partial charge in [0.05, 0.1) is 31.0 Å². The van der Waals surface area contributed by atoms with Crippen molar-refractivity contribution in [3.05, 3.63) is 41.6 Å². The number of carbonyl (C=O) groups is 1. The number of amides is 2. The summed E-state index contributed by atoms with van der Waals surface area (Å²) in [5.74, 6) is 1.38. The summed E-state index contributed by atoms with van der Waals surface area (Å²) >= 11 is 0. The summed E-state index contributed by atoms with van der Waals surface area (Å²) in [7, 11) is 3.90. The molecule has 0 fully saturated rings. The van der Waals surface area contributed by atoms with Gasteiger partial charge in [-0.25, -0.2) is 9.78 Å². The highest BCUT2D eigenvalue weighted by atomic mass is 16.5. The average molecular weight is 344 g/mol. The van der Waals surface area contributed by atoms with Crippen LogP contribution in [-0.2, 0) is 19.5 Å². The van der Waals surface area contributed by atoms with Crippen LogP contribution in [0.3, 0.4) is 0 Å². The third kappa shape index (κ3) is 4.11. The monoisotopic (exact) mass is 344 g/mol. The van der Waals surface area contributed by atoms with Gasteiger partial charge in [0.1, 0.15) is 18.6 Å². The van der Waals surface area contributed by atoms with Crippen molar-refractivity contribution in [3.63, 3.8) is 0 Å². The number of urea groups is 1. The van der Waals surface area contributed by atoms with Crippen molar-refractivity contribution >= 4 is 11.7 Å². The Balaban J connectivity index is 1.65. The van der Waals surface area contributed by atoms with Crippen LogP contribution in [0.5, 0.6) is 5.75 Å². The molecule has 134 valence electrons. The van der Waals surface area contributed by atoms with Crippen LogP contribution >= 0.6 is 0 Å². The van der Waals surface area contributed by atoms with Gasteiger partial charge in [0, 0.05) is 0 Å². The van der Waals surface area contributed by atoms with Crippen LogP contribution in [0.4, 0.5) is 10.5 Å². The Bertz CT molecular complexity index is 742. The van der Waals surface area contributed by atoms with E-state index < -0.39 is 0 Å². The number of anilines is 1. The lowest BCUT2D eigenvalue weighted by molar-refractivity contribution is 0.239. The van der Waals surface area contributed by atoms with Gasteiger partial charge in [0.15, 0.2) is 0 Å². The largest absolute Gasteiger partial charge is 0.490 e. The van der Waals surface area contributed by atoms with Crippen LogP contribution in [-0.4, -0.2) is 43.2 Å². The SMILES string of the molecule is CCc1ccc2c(c1)N(C(=O)NCc1coc(CN(C)C)n1)CCO2. The molecule has 7 heteroatoms. The van der Waals surface area contributed by atoms with Crippen molar-refractivity contribution in [3.8, 4) is 5.75 Å². The highest BCUT2D eigenvalue weighted by molar-refractivity contribution is 5.94. The number of hydrogen-bond acceptors (Lipinski definition) is 5. The molecular weight excluding hydrogens is 320 g/mol. The zero-order valence-electron chi connectivity index (χ0n) is 14.9. The predicted octanol–water partition coefficient (Wildman–Crippen LogP) is 2.41. The molecule has 0 bridgehead atoms. The lowest BCUT2D eigenvalue weighted by Gasteiger charge is -2.30. The molecule has 0 unspecified atom stereocenters. The Hall–Kier alpha value is -2.54. The molecule has 0 saturated carbocycles. The van der Waals surface area contributed by atoms with Crippen molar-refractivity contribution in [1.82, 2.24) is 15.2 Å². The van der Waals surface area contributed by atoms with Crippen LogP contribution in [0.15, 0.2) is 28.9 Å². The first-order valence-corrected chi connectivity index (χ1v) is 8.46. The minimum atomic E-state index is -0.157. The summed E-state index contributed by atoms with van der Waals surface area (Å²) in [5.41, 5.74) is 2.70. The van der Waals surface area contributed by atoms with Crippen LogP contribution in [0.2, 0.25) is 0 Å². The van der Waals surface area contributed by atoms with Crippen molar-refractivity contribution < 1.29 is 13.9 Å². The van der Waals surface area contributed by atoms with Gasteiger partial charge in [0.25, 0.3) is 0 Å². The first-order valence-electron chi connectivity index (χ1n) is 8.46. The number of hydrogen-bond donors (Lipinski definition) is 1. The molecule has 1 aromatic carbocycles. The zero-order chi connectivity index (χ0) is 17.8. The normalized spacial score (nSPS) is 13.5. The first-order chi connectivity index (χ1) is 12.1. The van der Waals surface area contributed by atoms with E-state index in [1.807, 2.05) is 37.2 Å². The van der Waals surface area contributed by atoms with E-state index >= 15 is 0 Å². The van der Waals surface area contributed by atoms with E-state index in [9.17, 15) is 4.79 Å². The van der Waals surface area contributed by atoms with Crippen molar-refractivity contribution in [2.24, 2.45) is 0 Å². The number of benzene rings is 1. The van der Waals surface area contributed by atoms with Crippen LogP contribution < -0.4 is 15.0 Å². The van der Waals surface area contributed by atoms with E-state index in [0.717, 1.165) is 17.9 Å². The van der Waals surface area contributed by atoms with E-state index in [4.69, 9.17) is 9.15 Å². The van der Waals surface area contributed by atoms with Gasteiger partial charge in [-0.3, -0.25) is 4.90 Å². The highest BCUT2D eigenvalue weighted by Crippen LogP contribution is 2.32. The van der Waals surface area contributed by atoms with E-state index in [0.29, 0.717) is 37.8 Å². The highest BCUT2D eigenvalue weighted by Gasteiger charge is 2.24. The molecule has 0 radical (unpaired) electrons. The van der Waals surface area contributed by atoms with Gasteiger partial charge >= 0.3 is 6.03 Å². The zero-order valence-corrected chi connectivity index (χ0v) is 14.9. The van der Waals surface area contributed by atoms with Gasteiger partial charge in [-0.1, -0.05) is 13.0 Å². The molecule has 0 aliphatic carbocycles. The molecule has 1 aromatic heterocycles. The number of ether oxygens (including phenoxy) is 1. The Morgan fingerprint density at radius 3 is 3.00 bits per heavy atom. The Kier molecular flexibility index (Phi) is 5.23. The Morgan fingerprint density at radius 2 is 2.24 bits per heavy atom. The number of rotatable bonds is 5. The fourth-order valence-corrected chi connectivity index (χ4v) is 2.73. The first kappa shape index (κ1) is 17.3. The van der Waals surface area contributed by atoms with Crippen molar-refractivity contribution in [2.45, 2.75) is 26.4 Å². The lowest BCUT2D eigenvalue weighted by atomic mass is 10.1. The quantitative estimate of drug-likeness (QED) is 0.902. The topological polar surface area (TPSA) is 70.8 Å². The number of oxazole rings is 1. The van der Waals surface area contributed by atoms with Crippen LogP contribution in [0, 0.1) is 0 Å². The van der Waals surface area contributed by atoms with Gasteiger partial charge in [-0.15, -0.1) is 0 Å². The molecule has 1 aliphatic rings. The molecule has 1 N–H and O–H groups in total. The molecule has 2 aromatic rings. The van der Waals surface area contributed by atoms with Crippen LogP contribution in [0.1, 0.15) is 24.1 Å². The summed E-state index contributed by atoms with van der Waals surface area (Å²) in [6, 6.07) is 5.81. The molecule has 25 heavy (non-hydrogen) atoms. The number of aryl methyl sites for hydroxylation is 1. The minimum Gasteiger partial charge on any atom is -0.490 e. The summed E-state index contributed by atoms with van der Waals surface area (Å²) in [6.45, 7) is 4.06. The lowest BCUT2D eigenvalue weighted by Crippen LogP contribution is -2.44. The summed E-state index contributed by atoms with van der Waals surface area (Å²) in [5, 5.41) is 2.91. The molecule has 3 rings (SSSR count). The second-order valence-electron chi connectivity index (χ2n) is 6.28. The van der Waals surface area contributed by atoms with E-state index in [2.05, 4.69) is 17.2 Å². The number of nitrogens with one attached hydrogen (secondary N) is 1. The molecule has 2 heterocycles. The molecular formula is C18H24N4O3. The second kappa shape index (κ2) is 7.57. The summed E-state index contributed by atoms with van der Waals surface area (Å²) < 4.78 is 11.1. The number of carbonyl (C=O) groups excluding carboxylic acids is 1. The van der Waals surface area contributed by atoms with Crippen molar-refractivity contribution in [2.75, 3.05) is 32.1 Å². The van der Waals surface area contributed by atoms with Gasteiger partial charge < -0.3 is 19.4 Å². The Labute approximate surface area is 147 Å². The third-order valence-corrected chi connectivity index (χ3v) is 4.01. The number of fused-ring (bicyclic) bond motifs is 1. The molecule has 2 amide bonds. The number of aromatic nitrogens is 1. The maximum atomic E-state index is 12.6. The standard InChI is InChI=1S/C18H24N4O3/c1-4-13-5-6-16-15(9-13)22(7-8-24-16)18(23)19-10-14-12-25-17(20-14)11-21(2)3/h5-6,9,12H,4,7-8,10-11H2,1-3H3,(H,19,23). The fourth-order valence-electron chi connectivity index (χ4n) is 2.73.